The summed E-state index contributed by atoms with van der Waals surface area (Å²) >= 11 is 6.42. The first-order chi connectivity index (χ1) is 35.9. The summed E-state index contributed by atoms with van der Waals surface area (Å²) in [6, 6.07) is 0. The number of Topliss-reactive ketones (excluding diaryl/α,β-unsaturated/α-hetero) is 3. The molecule has 0 radical (unpaired) electrons. The lowest BCUT2D eigenvalue weighted by molar-refractivity contribution is -0.217. The average molecular weight is 1130 g/mol. The fourth-order valence-electron chi connectivity index (χ4n) is 22.7. The molecule has 0 spiro atoms. The van der Waals surface area contributed by atoms with Crippen molar-refractivity contribution in [1.82, 2.24) is 0 Å². The molecule has 0 aromatic carbocycles. The van der Waals surface area contributed by atoms with E-state index in [-0.39, 0.29) is 98.8 Å². The van der Waals surface area contributed by atoms with E-state index in [1.165, 1.54) is 11.1 Å². The molecule has 0 amide bonds. The first kappa shape index (κ1) is 65.2. The summed E-state index contributed by atoms with van der Waals surface area (Å²) in [6.45, 7) is 51.0. The van der Waals surface area contributed by atoms with Crippen molar-refractivity contribution in [3.63, 3.8) is 0 Å². The Labute approximate surface area is 487 Å². The zero-order valence-corrected chi connectivity index (χ0v) is 51.4. The van der Waals surface area contributed by atoms with Crippen LogP contribution in [0.15, 0.2) is 47.9 Å². The van der Waals surface area contributed by atoms with Gasteiger partial charge in [0.25, 0.3) is 0 Å². The number of alkyl halides is 2. The van der Waals surface area contributed by atoms with Gasteiger partial charge in [-0.05, 0) is 226 Å². The normalized spacial score (nSPS) is 45.2. The van der Waals surface area contributed by atoms with Gasteiger partial charge in [-0.2, -0.15) is 0 Å². The second-order valence-electron chi connectivity index (χ2n) is 29.8. The number of rotatable bonds is 8. The Morgan fingerprint density at radius 1 is 0.595 bits per heavy atom. The molecule has 0 aliphatic heterocycles. The molecule has 0 aromatic rings. The molecule has 0 bridgehead atoms. The summed E-state index contributed by atoms with van der Waals surface area (Å²) in [5.74, 6) is 3.88. The lowest BCUT2D eigenvalue weighted by atomic mass is 9.32. The minimum absolute atomic E-state index is 0. The van der Waals surface area contributed by atoms with Gasteiger partial charge in [-0.25, -0.2) is 14.1 Å². The number of allylic oxidation sites excluding steroid dienone is 6. The first-order valence-corrected chi connectivity index (χ1v) is 30.4. The van der Waals surface area contributed by atoms with Gasteiger partial charge in [0.15, 0.2) is 11.6 Å². The van der Waals surface area contributed by atoms with Crippen LogP contribution in [0.3, 0.4) is 0 Å². The number of hydrogen-bond donors (Lipinski definition) is 1. The van der Waals surface area contributed by atoms with Gasteiger partial charge in [-0.15, -0.1) is 12.4 Å². The zero-order chi connectivity index (χ0) is 57.1. The molecule has 18 atom stereocenters. The molecule has 10 rings (SSSR count). The maximum Gasteiger partial charge on any atom is 0.228 e. The Morgan fingerprint density at radius 3 is 1.33 bits per heavy atom. The van der Waals surface area contributed by atoms with Crippen LogP contribution >= 0.6 is 24.0 Å². The highest BCUT2D eigenvalue weighted by atomic mass is 35.5. The summed E-state index contributed by atoms with van der Waals surface area (Å²) < 4.78 is 23.7. The van der Waals surface area contributed by atoms with Crippen molar-refractivity contribution in [2.75, 3.05) is 19.9 Å². The van der Waals surface area contributed by atoms with E-state index in [2.05, 4.69) is 124 Å². The van der Waals surface area contributed by atoms with Gasteiger partial charge in [0.2, 0.25) is 16.6 Å². The number of carbonyl (C=O) groups is 4. The topological polar surface area (TPSA) is 103 Å². The van der Waals surface area contributed by atoms with Crippen molar-refractivity contribution in [1.29, 1.82) is 0 Å². The van der Waals surface area contributed by atoms with Crippen LogP contribution in [0.4, 0.5) is 8.78 Å². The second-order valence-corrected chi connectivity index (χ2v) is 30.1. The van der Waals surface area contributed by atoms with Gasteiger partial charge in [-0.1, -0.05) is 113 Å². The van der Waals surface area contributed by atoms with Gasteiger partial charge in [-0.3, -0.25) is 14.0 Å². The standard InChI is InChI=1S/C34H48FNO2.C31H42ClNO2.C2H6FN.CH4.ClH/c1-21(2)22-13-16-34(27(37)10-9-19-35)18-17-32(6)23(28(22)34)11-12-26-31(5)20-24(36-8)29(38)30(3,4)25(31)14-15-33(26,32)7;1-18(2)19-11-14-31(26(32)35)16-15-29(6)20(24(19)31)9-10-23-28(5)17-21(33-8)25(34)27(3,4)22(28)12-13-30(23,29)7;3-1-2-4;;/h20,22-23,25-26,28H,1,9-19H2,2-7H3;17,19-20,22-24H,1,9-16H2,2-7H3;1-2,4H2;1H4;1H/t22-,23+,25-,26+,28+,31-,32+,33+,34+;19-,20+,22-,23+,24+,28-,29+,30+,31-;;;/m00.../s1. The van der Waals surface area contributed by atoms with Crippen molar-refractivity contribution in [3.8, 4) is 0 Å². The predicted octanol–water partition coefficient (Wildman–Crippen LogP) is 17.5. The second kappa shape index (κ2) is 22.2. The molecule has 2 N–H and O–H groups in total. The number of fused-ring (bicyclic) bond motifs is 14. The van der Waals surface area contributed by atoms with E-state index in [1.54, 1.807) is 0 Å². The fraction of sp³-hybridized carbons (Fsp3) is 0.794. The maximum atomic E-state index is 13.8. The number of hydrogen-bond acceptors (Lipinski definition) is 5. The van der Waals surface area contributed by atoms with Crippen LogP contribution in [-0.2, 0) is 19.2 Å². The maximum absolute atomic E-state index is 13.8. The molecule has 0 saturated heterocycles. The Bertz CT molecular complexity index is 2610. The molecule has 0 heterocycles. The van der Waals surface area contributed by atoms with Gasteiger partial charge < -0.3 is 15.3 Å². The third-order valence-electron chi connectivity index (χ3n) is 26.6. The molecule has 8 fully saturated rings. The molecule has 7 nitrogen and oxygen atoms in total. The highest BCUT2D eigenvalue weighted by Crippen LogP contribution is 2.79. The Kier molecular flexibility index (Phi) is 18.3. The predicted molar refractivity (Wildman–Crippen MR) is 319 cm³/mol. The first-order valence-electron chi connectivity index (χ1n) is 30.0. The molecule has 440 valence electrons. The summed E-state index contributed by atoms with van der Waals surface area (Å²) in [7, 11) is 0. The zero-order valence-electron chi connectivity index (χ0n) is 49.8. The van der Waals surface area contributed by atoms with Crippen molar-refractivity contribution >= 4 is 46.6 Å². The molecule has 10 aliphatic rings. The van der Waals surface area contributed by atoms with E-state index in [0.29, 0.717) is 71.4 Å². The third kappa shape index (κ3) is 9.07. The Balaban J connectivity index is 0.000000234. The van der Waals surface area contributed by atoms with E-state index in [9.17, 15) is 28.0 Å². The molecule has 0 aromatic heterocycles. The van der Waals surface area contributed by atoms with Gasteiger partial charge in [0, 0.05) is 34.6 Å². The summed E-state index contributed by atoms with van der Waals surface area (Å²) in [6.07, 6.45) is 21.2. The summed E-state index contributed by atoms with van der Waals surface area (Å²) in [4.78, 5) is 60.7. The van der Waals surface area contributed by atoms with E-state index < -0.39 is 29.6 Å². The van der Waals surface area contributed by atoms with Crippen LogP contribution in [-0.4, -0.2) is 42.5 Å². The lowest BCUT2D eigenvalue weighted by Crippen LogP contribution is -2.66. The SMILES string of the molecule is C.Cl.NCCF.[C-]#[N+]C1=C[C@]2(C)[C@H]3CC[C@@H]4[C@H]5[C@H](C(=C)C)CC[C@]5(C(=O)CCCF)CC[C@@]4(C)[C@]3(C)CC[C@H]2C(C)(C)C1=O.[C-]#[N+]C1=C[C@]2(C)[C@H]3CC[C@@H]4[C@H]5[C@H](C(=C)C)CC[C@]5(C(=O)Cl)CC[C@@]4(C)[C@]3(C)CC[C@H]2C(C)(C)C1=O. The van der Waals surface area contributed by atoms with Crippen molar-refractivity contribution < 1.29 is 28.0 Å². The fourth-order valence-corrected chi connectivity index (χ4v) is 23.0. The van der Waals surface area contributed by atoms with Crippen LogP contribution in [0, 0.1) is 126 Å². The van der Waals surface area contributed by atoms with Crippen molar-refractivity contribution in [2.45, 2.75) is 206 Å². The molecule has 8 saturated carbocycles. The van der Waals surface area contributed by atoms with E-state index in [0.717, 1.165) is 103 Å². The molecular formula is C68H101Cl2F2N3O4. The summed E-state index contributed by atoms with van der Waals surface area (Å²) in [5.41, 5.74) is 5.99. The average Bonchev–Trinajstić information content (AvgIpc) is 4.21. The smallest absolute Gasteiger partial charge is 0.228 e. The highest BCUT2D eigenvalue weighted by Gasteiger charge is 2.74. The van der Waals surface area contributed by atoms with Crippen molar-refractivity contribution in [2.24, 2.45) is 119 Å². The number of nitrogens with two attached hydrogens (primary N) is 1. The number of halogens is 4. The van der Waals surface area contributed by atoms with Crippen molar-refractivity contribution in [3.05, 3.63) is 70.7 Å². The van der Waals surface area contributed by atoms with Gasteiger partial charge in [0.1, 0.15) is 12.5 Å². The largest absolute Gasteiger partial charge is 0.328 e. The minimum Gasteiger partial charge on any atom is -0.328 e. The summed E-state index contributed by atoms with van der Waals surface area (Å²) in [5, 5.41) is -0.117. The van der Waals surface area contributed by atoms with Crippen LogP contribution in [0.2, 0.25) is 0 Å². The molecular weight excluding hydrogens is 1030 g/mol. The molecule has 10 aliphatic carbocycles. The lowest BCUT2D eigenvalue weighted by Gasteiger charge is -2.71. The van der Waals surface area contributed by atoms with E-state index in [1.807, 2.05) is 0 Å². The van der Waals surface area contributed by atoms with E-state index >= 15 is 0 Å². The van der Waals surface area contributed by atoms with E-state index in [4.69, 9.17) is 24.7 Å². The van der Waals surface area contributed by atoms with Crippen LogP contribution in [0.1, 0.15) is 206 Å². The number of nitrogens with zero attached hydrogens (tertiary/aromatic N) is 2. The van der Waals surface area contributed by atoms with Crippen LogP contribution in [0.25, 0.3) is 9.69 Å². The van der Waals surface area contributed by atoms with Crippen LogP contribution < -0.4 is 5.73 Å². The Hall–Kier alpha value is -2.98. The highest BCUT2D eigenvalue weighted by molar-refractivity contribution is 6.64. The van der Waals surface area contributed by atoms with Crippen LogP contribution in [0.5, 0.6) is 0 Å². The molecule has 0 unspecified atom stereocenters. The quantitative estimate of drug-likeness (QED) is 0.148. The Morgan fingerprint density at radius 2 is 0.975 bits per heavy atom. The number of ketones is 3. The monoisotopic (exact) mass is 1130 g/mol. The van der Waals surface area contributed by atoms with Gasteiger partial charge in [0.05, 0.1) is 19.8 Å². The number of carbonyl (C=O) groups excluding carboxylic acids is 4. The molecule has 79 heavy (non-hydrogen) atoms. The third-order valence-corrected chi connectivity index (χ3v) is 27.0. The van der Waals surface area contributed by atoms with Gasteiger partial charge >= 0.3 is 0 Å². The molecule has 11 heteroatoms. The minimum atomic E-state index is -0.524.